The van der Waals surface area contributed by atoms with Crippen LogP contribution in [0.5, 0.6) is 0 Å². The molecule has 0 aromatic carbocycles. The highest BCUT2D eigenvalue weighted by molar-refractivity contribution is 4.71. The van der Waals surface area contributed by atoms with Gasteiger partial charge in [-0.3, -0.25) is 4.90 Å². The number of hydrogen-bond donors (Lipinski definition) is 1. The van der Waals surface area contributed by atoms with E-state index in [9.17, 15) is 0 Å². The van der Waals surface area contributed by atoms with Crippen LogP contribution in [0.3, 0.4) is 0 Å². The first-order chi connectivity index (χ1) is 7.69. The maximum absolute atomic E-state index is 5.73. The van der Waals surface area contributed by atoms with E-state index in [1.54, 1.807) is 0 Å². The van der Waals surface area contributed by atoms with E-state index in [2.05, 4.69) is 25.7 Å². The lowest BCUT2D eigenvalue weighted by molar-refractivity contribution is 0.0283. The topological polar surface area (TPSA) is 38.5 Å². The fraction of sp³-hybridized carbons (Fsp3) is 1.00. The molecule has 0 saturated carbocycles. The van der Waals surface area contributed by atoms with Gasteiger partial charge in [-0.2, -0.15) is 0 Å². The van der Waals surface area contributed by atoms with Gasteiger partial charge in [0.2, 0.25) is 0 Å². The molecule has 0 amide bonds. The summed E-state index contributed by atoms with van der Waals surface area (Å²) in [5.41, 5.74) is 5.73. The molecule has 16 heavy (non-hydrogen) atoms. The third kappa shape index (κ3) is 6.46. The van der Waals surface area contributed by atoms with E-state index in [0.29, 0.717) is 12.6 Å². The van der Waals surface area contributed by atoms with Crippen LogP contribution in [0.25, 0.3) is 0 Å². The summed E-state index contributed by atoms with van der Waals surface area (Å²) in [4.78, 5) is 2.51. The van der Waals surface area contributed by atoms with Crippen molar-refractivity contribution in [3.05, 3.63) is 0 Å². The van der Waals surface area contributed by atoms with Gasteiger partial charge in [-0.05, 0) is 33.2 Å². The number of ether oxygens (including phenoxy) is 1. The highest BCUT2D eigenvalue weighted by atomic mass is 16.5. The van der Waals surface area contributed by atoms with E-state index in [1.807, 2.05) is 6.92 Å². The van der Waals surface area contributed by atoms with Crippen LogP contribution in [0.4, 0.5) is 0 Å². The third-order valence-corrected chi connectivity index (χ3v) is 3.12. The van der Waals surface area contributed by atoms with Crippen LogP contribution in [0.15, 0.2) is 0 Å². The van der Waals surface area contributed by atoms with Gasteiger partial charge in [0.05, 0.1) is 6.10 Å². The average Bonchev–Trinajstić information content (AvgIpc) is 2.32. The fourth-order valence-electron chi connectivity index (χ4n) is 1.80. The maximum atomic E-state index is 5.73. The van der Waals surface area contributed by atoms with Crippen molar-refractivity contribution in [1.29, 1.82) is 0 Å². The first kappa shape index (κ1) is 15.9. The molecule has 0 spiro atoms. The Kier molecular flexibility index (Phi) is 9.99. The summed E-state index contributed by atoms with van der Waals surface area (Å²) in [6.07, 6.45) is 3.88. The number of hydrogen-bond acceptors (Lipinski definition) is 3. The van der Waals surface area contributed by atoms with Gasteiger partial charge in [0.25, 0.3) is 0 Å². The maximum Gasteiger partial charge on any atom is 0.0823 e. The Hall–Kier alpha value is -0.120. The van der Waals surface area contributed by atoms with Gasteiger partial charge in [0, 0.05) is 25.7 Å². The average molecular weight is 230 g/mol. The minimum atomic E-state index is 0.191. The van der Waals surface area contributed by atoms with E-state index >= 15 is 0 Å². The number of rotatable bonds is 10. The van der Waals surface area contributed by atoms with Crippen molar-refractivity contribution in [2.45, 2.75) is 59.1 Å². The molecule has 3 nitrogen and oxygen atoms in total. The SMILES string of the molecule is CCCCN(CC(CN)OCC)C(C)CC. The molecule has 0 fully saturated rings. The van der Waals surface area contributed by atoms with Crippen molar-refractivity contribution in [1.82, 2.24) is 4.90 Å². The highest BCUT2D eigenvalue weighted by Gasteiger charge is 2.16. The second kappa shape index (κ2) is 10.1. The largest absolute Gasteiger partial charge is 0.376 e. The van der Waals surface area contributed by atoms with E-state index < -0.39 is 0 Å². The predicted octanol–water partition coefficient (Wildman–Crippen LogP) is 2.25. The van der Waals surface area contributed by atoms with E-state index in [-0.39, 0.29) is 6.10 Å². The first-order valence-electron chi connectivity index (χ1n) is 6.75. The van der Waals surface area contributed by atoms with E-state index in [4.69, 9.17) is 10.5 Å². The van der Waals surface area contributed by atoms with Crippen LogP contribution in [0.2, 0.25) is 0 Å². The van der Waals surface area contributed by atoms with E-state index in [0.717, 1.165) is 19.7 Å². The van der Waals surface area contributed by atoms with Crippen LogP contribution in [-0.4, -0.2) is 43.3 Å². The van der Waals surface area contributed by atoms with Crippen LogP contribution < -0.4 is 5.73 Å². The molecule has 0 bridgehead atoms. The van der Waals surface area contributed by atoms with Crippen molar-refractivity contribution in [2.75, 3.05) is 26.2 Å². The summed E-state index contributed by atoms with van der Waals surface area (Å²) in [5.74, 6) is 0. The van der Waals surface area contributed by atoms with Crippen molar-refractivity contribution in [2.24, 2.45) is 5.73 Å². The molecule has 0 aromatic rings. The minimum absolute atomic E-state index is 0.191. The Morgan fingerprint density at radius 1 is 1.25 bits per heavy atom. The highest BCUT2D eigenvalue weighted by Crippen LogP contribution is 2.08. The van der Waals surface area contributed by atoms with Gasteiger partial charge in [0.15, 0.2) is 0 Å². The molecule has 0 saturated heterocycles. The lowest BCUT2D eigenvalue weighted by Crippen LogP contribution is -2.43. The van der Waals surface area contributed by atoms with E-state index in [1.165, 1.54) is 19.3 Å². The Bertz CT molecular complexity index is 153. The number of nitrogens with two attached hydrogens (primary N) is 1. The molecule has 2 atom stereocenters. The quantitative estimate of drug-likeness (QED) is 0.625. The van der Waals surface area contributed by atoms with Gasteiger partial charge in [-0.25, -0.2) is 0 Å². The standard InChI is InChI=1S/C13H30N2O/c1-5-8-9-15(12(4)6-2)11-13(10-14)16-7-3/h12-13H,5-11,14H2,1-4H3. The van der Waals surface area contributed by atoms with Crippen molar-refractivity contribution >= 4 is 0 Å². The Balaban J connectivity index is 4.15. The van der Waals surface area contributed by atoms with Gasteiger partial charge in [-0.15, -0.1) is 0 Å². The van der Waals surface area contributed by atoms with Gasteiger partial charge < -0.3 is 10.5 Å². The number of unbranched alkanes of at least 4 members (excludes halogenated alkanes) is 1. The lowest BCUT2D eigenvalue weighted by atomic mass is 10.1. The molecule has 0 rings (SSSR count). The molecule has 2 N–H and O–H groups in total. The molecular formula is C13H30N2O. The predicted molar refractivity (Wildman–Crippen MR) is 70.7 cm³/mol. The van der Waals surface area contributed by atoms with Crippen LogP contribution in [0.1, 0.15) is 47.0 Å². The molecule has 2 unspecified atom stereocenters. The van der Waals surface area contributed by atoms with Crippen molar-refractivity contribution in [3.63, 3.8) is 0 Å². The van der Waals surface area contributed by atoms with Crippen LogP contribution >= 0.6 is 0 Å². The fourth-order valence-corrected chi connectivity index (χ4v) is 1.80. The van der Waals surface area contributed by atoms with Crippen LogP contribution in [0, 0.1) is 0 Å². The normalized spacial score (nSPS) is 15.4. The van der Waals surface area contributed by atoms with Crippen molar-refractivity contribution < 1.29 is 4.74 Å². The summed E-state index contributed by atoms with van der Waals surface area (Å²) in [5, 5.41) is 0. The Morgan fingerprint density at radius 3 is 2.38 bits per heavy atom. The zero-order valence-electron chi connectivity index (χ0n) is 11.5. The zero-order valence-corrected chi connectivity index (χ0v) is 11.5. The summed E-state index contributed by atoms with van der Waals surface area (Å²) in [6, 6.07) is 0.626. The lowest BCUT2D eigenvalue weighted by Gasteiger charge is -2.31. The molecule has 0 radical (unpaired) electrons. The Labute approximate surface area is 101 Å². The molecule has 98 valence electrons. The van der Waals surface area contributed by atoms with Crippen LogP contribution in [-0.2, 0) is 4.74 Å². The van der Waals surface area contributed by atoms with Crippen molar-refractivity contribution in [3.8, 4) is 0 Å². The summed E-state index contributed by atoms with van der Waals surface area (Å²) in [6.45, 7) is 12.3. The molecule has 0 aliphatic heterocycles. The minimum Gasteiger partial charge on any atom is -0.376 e. The zero-order chi connectivity index (χ0) is 12.4. The molecule has 3 heteroatoms. The van der Waals surface area contributed by atoms with Gasteiger partial charge in [0.1, 0.15) is 0 Å². The van der Waals surface area contributed by atoms with Gasteiger partial charge in [-0.1, -0.05) is 20.3 Å². The Morgan fingerprint density at radius 2 is 1.94 bits per heavy atom. The van der Waals surface area contributed by atoms with Gasteiger partial charge >= 0.3 is 0 Å². The molecular weight excluding hydrogens is 200 g/mol. The molecule has 0 heterocycles. The molecule has 0 aromatic heterocycles. The molecule has 0 aliphatic carbocycles. The second-order valence-corrected chi connectivity index (χ2v) is 4.42. The third-order valence-electron chi connectivity index (χ3n) is 3.12. The monoisotopic (exact) mass is 230 g/mol. The second-order valence-electron chi connectivity index (χ2n) is 4.42. The molecule has 0 aliphatic rings. The first-order valence-corrected chi connectivity index (χ1v) is 6.75. The summed E-state index contributed by atoms with van der Waals surface area (Å²) >= 11 is 0. The summed E-state index contributed by atoms with van der Waals surface area (Å²) in [7, 11) is 0. The summed E-state index contributed by atoms with van der Waals surface area (Å²) < 4.78 is 5.63. The number of nitrogens with zero attached hydrogens (tertiary/aromatic N) is 1. The smallest absolute Gasteiger partial charge is 0.0823 e.